The molecule has 3 rings (SSSR count). The highest BCUT2D eigenvalue weighted by atomic mass is 19.4. The van der Waals surface area contributed by atoms with Gasteiger partial charge in [-0.3, -0.25) is 0 Å². The molecule has 0 unspecified atom stereocenters. The second kappa shape index (κ2) is 10.1. The Hall–Kier alpha value is -4.04. The summed E-state index contributed by atoms with van der Waals surface area (Å²) >= 11 is 0. The van der Waals surface area contributed by atoms with Crippen molar-refractivity contribution in [3.63, 3.8) is 0 Å². The fourth-order valence-corrected chi connectivity index (χ4v) is 2.49. The Labute approximate surface area is 190 Å². The number of nitrogens with one attached hydrogen (secondary N) is 2. The number of ether oxygens (including phenoxy) is 1. The topological polar surface area (TPSA) is 71.4 Å². The van der Waals surface area contributed by atoms with Gasteiger partial charge in [0.15, 0.2) is 0 Å². The van der Waals surface area contributed by atoms with Gasteiger partial charge in [0.25, 0.3) is 0 Å². The van der Waals surface area contributed by atoms with Crippen molar-refractivity contribution in [1.82, 2.24) is 9.97 Å². The Morgan fingerprint density at radius 3 is 2.23 bits per heavy atom. The van der Waals surface area contributed by atoms with Crippen molar-refractivity contribution in [2.24, 2.45) is 5.10 Å². The summed E-state index contributed by atoms with van der Waals surface area (Å²) in [6.07, 6.45) is -12.5. The minimum Gasteiger partial charge on any atom is -0.428 e. The summed E-state index contributed by atoms with van der Waals surface area (Å²) in [6, 6.07) is 7.18. The highest BCUT2D eigenvalue weighted by molar-refractivity contribution is 5.80. The molecule has 0 radical (unpaired) electrons. The number of hydrogen-bond acceptors (Lipinski definition) is 6. The predicted molar refractivity (Wildman–Crippen MR) is 106 cm³/mol. The molecule has 0 fully saturated rings. The van der Waals surface area contributed by atoms with E-state index in [1.807, 2.05) is 0 Å². The molecule has 0 saturated heterocycles. The maximum absolute atomic E-state index is 13.8. The first kappa shape index (κ1) is 25.6. The van der Waals surface area contributed by atoms with E-state index >= 15 is 0 Å². The van der Waals surface area contributed by atoms with E-state index in [9.17, 15) is 39.5 Å². The van der Waals surface area contributed by atoms with Gasteiger partial charge in [0.2, 0.25) is 11.9 Å². The number of rotatable bonds is 8. The monoisotopic (exact) mass is 509 g/mol. The molecule has 0 aliphatic rings. The standard InChI is InChI=1S/C20H12F9N5O/c21-14-6-3-11(7-13(14)19(25,26)27)31-16-8-15(22)32-18(33-16)34-30-9-10-1-4-12(5-2-10)35-20(28,29)17(23)24/h1-9,17H,(H2,31,32,33,34)/b30-9+. The van der Waals surface area contributed by atoms with E-state index in [0.29, 0.717) is 12.1 Å². The summed E-state index contributed by atoms with van der Waals surface area (Å²) in [5.41, 5.74) is 0.769. The van der Waals surface area contributed by atoms with Crippen molar-refractivity contribution in [3.8, 4) is 5.75 Å². The minimum absolute atomic E-state index is 0.231. The van der Waals surface area contributed by atoms with E-state index in [1.54, 1.807) is 0 Å². The lowest BCUT2D eigenvalue weighted by atomic mass is 10.2. The lowest BCUT2D eigenvalue weighted by Crippen LogP contribution is -2.33. The Balaban J connectivity index is 1.68. The lowest BCUT2D eigenvalue weighted by molar-refractivity contribution is -0.253. The molecule has 0 aliphatic carbocycles. The smallest absolute Gasteiger partial charge is 0.428 e. The van der Waals surface area contributed by atoms with Crippen molar-refractivity contribution in [3.05, 3.63) is 71.4 Å². The zero-order valence-corrected chi connectivity index (χ0v) is 16.9. The highest BCUT2D eigenvalue weighted by Gasteiger charge is 2.43. The number of aromatic nitrogens is 2. The number of benzene rings is 2. The van der Waals surface area contributed by atoms with Crippen LogP contribution in [-0.4, -0.2) is 28.7 Å². The van der Waals surface area contributed by atoms with Crippen molar-refractivity contribution in [1.29, 1.82) is 0 Å². The average molecular weight is 509 g/mol. The van der Waals surface area contributed by atoms with Gasteiger partial charge in [-0.25, -0.2) is 9.82 Å². The highest BCUT2D eigenvalue weighted by Crippen LogP contribution is 2.33. The second-order valence-electron chi connectivity index (χ2n) is 6.62. The molecule has 35 heavy (non-hydrogen) atoms. The van der Waals surface area contributed by atoms with Gasteiger partial charge in [-0.05, 0) is 48.0 Å². The van der Waals surface area contributed by atoms with E-state index in [2.05, 4.69) is 30.5 Å². The molecule has 1 aromatic heterocycles. The van der Waals surface area contributed by atoms with Crippen LogP contribution in [0.3, 0.4) is 0 Å². The van der Waals surface area contributed by atoms with E-state index in [-0.39, 0.29) is 17.1 Å². The van der Waals surface area contributed by atoms with Gasteiger partial charge in [-0.15, -0.1) is 0 Å². The molecular formula is C20H12F9N5O. The summed E-state index contributed by atoms with van der Waals surface area (Å²) in [4.78, 5) is 7.20. The van der Waals surface area contributed by atoms with E-state index in [1.165, 1.54) is 12.1 Å². The Morgan fingerprint density at radius 2 is 1.60 bits per heavy atom. The molecule has 0 bridgehead atoms. The van der Waals surface area contributed by atoms with E-state index < -0.39 is 47.7 Å². The molecule has 3 aromatic rings. The van der Waals surface area contributed by atoms with Gasteiger partial charge < -0.3 is 10.1 Å². The third kappa shape index (κ3) is 6.97. The first-order valence-electron chi connectivity index (χ1n) is 9.26. The minimum atomic E-state index is -4.95. The van der Waals surface area contributed by atoms with Crippen LogP contribution in [0.2, 0.25) is 0 Å². The van der Waals surface area contributed by atoms with Crippen LogP contribution in [0.1, 0.15) is 11.1 Å². The van der Waals surface area contributed by atoms with Gasteiger partial charge in [0.1, 0.15) is 17.4 Å². The van der Waals surface area contributed by atoms with Gasteiger partial charge in [-0.2, -0.15) is 50.2 Å². The molecule has 0 amide bonds. The third-order valence-corrected chi connectivity index (χ3v) is 4.01. The fraction of sp³-hybridized carbons (Fsp3) is 0.150. The molecule has 6 nitrogen and oxygen atoms in total. The zero-order chi connectivity index (χ0) is 25.8. The SMILES string of the molecule is Fc1cc(Nc2ccc(F)c(C(F)(F)F)c2)nc(N/N=C/c2ccc(OC(F)(F)C(F)F)cc2)n1. The van der Waals surface area contributed by atoms with E-state index in [4.69, 9.17) is 0 Å². The molecule has 0 atom stereocenters. The largest absolute Gasteiger partial charge is 0.461 e. The molecule has 15 heteroatoms. The summed E-state index contributed by atoms with van der Waals surface area (Å²) in [5, 5.41) is 6.08. The summed E-state index contributed by atoms with van der Waals surface area (Å²) in [7, 11) is 0. The van der Waals surface area contributed by atoms with Crippen LogP contribution in [0.25, 0.3) is 0 Å². The maximum atomic E-state index is 13.8. The zero-order valence-electron chi connectivity index (χ0n) is 16.9. The van der Waals surface area contributed by atoms with Crippen LogP contribution in [-0.2, 0) is 6.18 Å². The molecular weight excluding hydrogens is 497 g/mol. The summed E-state index contributed by atoms with van der Waals surface area (Å²) in [5.74, 6) is -3.80. The molecule has 0 spiro atoms. The van der Waals surface area contributed by atoms with Crippen molar-refractivity contribution in [2.75, 3.05) is 10.7 Å². The summed E-state index contributed by atoms with van der Waals surface area (Å²) < 4.78 is 120. The second-order valence-corrected chi connectivity index (χ2v) is 6.62. The Bertz CT molecular complexity index is 1200. The van der Waals surface area contributed by atoms with Crippen LogP contribution in [0.4, 0.5) is 57.0 Å². The van der Waals surface area contributed by atoms with Gasteiger partial charge in [0.05, 0.1) is 11.8 Å². The Kier molecular flexibility index (Phi) is 7.36. The number of anilines is 3. The third-order valence-electron chi connectivity index (χ3n) is 4.01. The van der Waals surface area contributed by atoms with Crippen molar-refractivity contribution < 1.29 is 44.3 Å². The normalized spacial score (nSPS) is 12.3. The molecule has 2 aromatic carbocycles. The maximum Gasteiger partial charge on any atom is 0.461 e. The fourth-order valence-electron chi connectivity index (χ4n) is 2.49. The molecule has 1 heterocycles. The van der Waals surface area contributed by atoms with Gasteiger partial charge >= 0.3 is 18.7 Å². The number of nitrogens with zero attached hydrogens (tertiary/aromatic N) is 3. The van der Waals surface area contributed by atoms with Crippen LogP contribution in [0.15, 0.2) is 53.6 Å². The lowest BCUT2D eigenvalue weighted by Gasteiger charge is -2.16. The molecule has 2 N–H and O–H groups in total. The van der Waals surface area contributed by atoms with Crippen LogP contribution < -0.4 is 15.5 Å². The average Bonchev–Trinajstić information content (AvgIpc) is 2.75. The van der Waals surface area contributed by atoms with Crippen molar-refractivity contribution in [2.45, 2.75) is 18.7 Å². The van der Waals surface area contributed by atoms with Crippen LogP contribution in [0, 0.1) is 11.8 Å². The van der Waals surface area contributed by atoms with Gasteiger partial charge in [-0.1, -0.05) is 0 Å². The molecule has 0 saturated carbocycles. The van der Waals surface area contributed by atoms with Gasteiger partial charge in [0, 0.05) is 11.8 Å². The summed E-state index contributed by atoms with van der Waals surface area (Å²) in [6.45, 7) is 0. The number of alkyl halides is 7. The first-order chi connectivity index (χ1) is 16.3. The number of hydrogen-bond donors (Lipinski definition) is 2. The Morgan fingerprint density at radius 1 is 0.914 bits per heavy atom. The quantitative estimate of drug-likeness (QED) is 0.164. The number of hydrazone groups is 1. The molecule has 186 valence electrons. The molecule has 0 aliphatic heterocycles. The predicted octanol–water partition coefficient (Wildman–Crippen LogP) is 6.20. The number of halogens is 9. The van der Waals surface area contributed by atoms with Crippen LogP contribution in [0.5, 0.6) is 5.75 Å². The van der Waals surface area contributed by atoms with Crippen molar-refractivity contribution >= 4 is 23.7 Å². The van der Waals surface area contributed by atoms with E-state index in [0.717, 1.165) is 30.5 Å². The van der Waals surface area contributed by atoms with Crippen LogP contribution >= 0.6 is 0 Å². The first-order valence-corrected chi connectivity index (χ1v) is 9.26.